The number of aromatic hydroxyl groups is 1. The number of ketones is 1. The number of aryl methyl sites for hydroxylation is 1. The number of carbonyl (C=O) groups is 1. The molecule has 8 heteroatoms. The molecule has 2 aromatic carbocycles. The maximum absolute atomic E-state index is 12.7. The molecule has 48 heavy (non-hydrogen) atoms. The van der Waals surface area contributed by atoms with Crippen molar-refractivity contribution in [3.63, 3.8) is 0 Å². The number of rotatable bonds is 16. The van der Waals surface area contributed by atoms with E-state index in [9.17, 15) is 15.0 Å². The molecule has 2 atom stereocenters. The molecule has 2 aliphatic heterocycles. The molecule has 258 valence electrons. The first kappa shape index (κ1) is 34.6. The zero-order chi connectivity index (χ0) is 33.5. The van der Waals surface area contributed by atoms with Crippen LogP contribution in [0.2, 0.25) is 0 Å². The van der Waals surface area contributed by atoms with Gasteiger partial charge in [-0.2, -0.15) is 0 Å². The molecule has 7 N–H and O–H groups in total. The normalized spacial score (nSPS) is 21.2. The Kier molecular flexibility index (Phi) is 11.5. The van der Waals surface area contributed by atoms with Gasteiger partial charge in [0.2, 0.25) is 6.73 Å². The number of phenolic OH excluding ortho intramolecular Hbond substituents is 1. The van der Waals surface area contributed by atoms with E-state index in [1.54, 1.807) is 6.07 Å². The first-order chi connectivity index (χ1) is 23.3. The van der Waals surface area contributed by atoms with Crippen LogP contribution in [0.1, 0.15) is 119 Å². The van der Waals surface area contributed by atoms with Crippen LogP contribution in [0.3, 0.4) is 0 Å². The van der Waals surface area contributed by atoms with Crippen LogP contribution < -0.4 is 21.1 Å². The van der Waals surface area contributed by atoms with E-state index in [1.807, 2.05) is 18.2 Å². The number of unbranched alkanes of at least 4 members (excludes halogenated alkanes) is 1. The van der Waals surface area contributed by atoms with Crippen LogP contribution in [-0.4, -0.2) is 41.1 Å². The smallest absolute Gasteiger partial charge is 0.227 e. The standard InChI is InChI=1S/C40H54N4O4/c41-39(42)30-12-8-13-31(22-30)40(19-6-7-20-40)35-24-43-36-26-44(25-34(35)36)27-48-38-21-29(16-18-37(38)47)15-17-33(46)23-32(45)14-5-4-11-28-9-2-1-3-10-28/h8,12-13,16,18,21-22,24-25,28,32,39,45,47H,1-7,9-11,14-15,17,19-20,23,26-27,41-42H2/p+1/t32-/m1/s1. The molecule has 0 radical (unpaired) electrons. The Morgan fingerprint density at radius 3 is 2.65 bits per heavy atom. The highest BCUT2D eigenvalue weighted by Crippen LogP contribution is 2.50. The second kappa shape index (κ2) is 15.9. The number of benzene rings is 2. The molecule has 2 saturated carbocycles. The van der Waals surface area contributed by atoms with Gasteiger partial charge in [0.05, 0.1) is 17.8 Å². The van der Waals surface area contributed by atoms with E-state index in [2.05, 4.69) is 30.6 Å². The molecule has 0 aromatic heterocycles. The van der Waals surface area contributed by atoms with Crippen molar-refractivity contribution in [3.8, 4) is 11.5 Å². The van der Waals surface area contributed by atoms with Crippen LogP contribution in [0.5, 0.6) is 11.5 Å². The van der Waals surface area contributed by atoms with Crippen LogP contribution in [0, 0.1) is 5.92 Å². The number of nitrogens with two attached hydrogens (primary N) is 2. The third kappa shape index (κ3) is 8.28. The summed E-state index contributed by atoms with van der Waals surface area (Å²) < 4.78 is 6.15. The summed E-state index contributed by atoms with van der Waals surface area (Å²) in [5, 5.41) is 21.0. The fraction of sp³-hybridized carbons (Fsp3) is 0.550. The first-order valence-electron chi connectivity index (χ1n) is 18.4. The summed E-state index contributed by atoms with van der Waals surface area (Å²) in [6.45, 7) is 1.07. The molecule has 0 saturated heterocycles. The van der Waals surface area contributed by atoms with E-state index >= 15 is 0 Å². The van der Waals surface area contributed by atoms with Gasteiger partial charge in [0.1, 0.15) is 24.2 Å². The van der Waals surface area contributed by atoms with Gasteiger partial charge in [-0.05, 0) is 66.0 Å². The van der Waals surface area contributed by atoms with Crippen molar-refractivity contribution in [1.29, 1.82) is 0 Å². The predicted octanol–water partition coefficient (Wildman–Crippen LogP) is 5.67. The molecule has 8 nitrogen and oxygen atoms in total. The number of hydrogen-bond acceptors (Lipinski definition) is 7. The summed E-state index contributed by atoms with van der Waals surface area (Å²) in [6.07, 6.45) is 19.8. The third-order valence-electron chi connectivity index (χ3n) is 11.2. The summed E-state index contributed by atoms with van der Waals surface area (Å²) in [5.41, 5.74) is 18.6. The highest BCUT2D eigenvalue weighted by molar-refractivity contribution is 6.08. The average molecular weight is 656 g/mol. The Balaban J connectivity index is 0.993. The quantitative estimate of drug-likeness (QED) is 0.117. The van der Waals surface area contributed by atoms with Gasteiger partial charge >= 0.3 is 0 Å². The lowest BCUT2D eigenvalue weighted by Crippen LogP contribution is -3.07. The maximum Gasteiger partial charge on any atom is 0.227 e. The number of hydrogen-bond donors (Lipinski definition) is 5. The van der Waals surface area contributed by atoms with E-state index in [4.69, 9.17) is 21.2 Å². The maximum atomic E-state index is 12.7. The fourth-order valence-electron chi connectivity index (χ4n) is 8.46. The number of allylic oxidation sites excluding steroid dienone is 1. The minimum Gasteiger partial charge on any atom is -0.504 e. The van der Waals surface area contributed by atoms with Gasteiger partial charge < -0.3 is 26.4 Å². The third-order valence-corrected chi connectivity index (χ3v) is 11.2. The van der Waals surface area contributed by atoms with E-state index in [0.29, 0.717) is 31.7 Å². The van der Waals surface area contributed by atoms with Crippen molar-refractivity contribution < 1.29 is 24.6 Å². The molecule has 1 unspecified atom stereocenters. The average Bonchev–Trinajstić information content (AvgIpc) is 3.84. The number of nitrogens with one attached hydrogen (secondary N) is 1. The Morgan fingerprint density at radius 1 is 1.04 bits per heavy atom. The van der Waals surface area contributed by atoms with Gasteiger partial charge in [-0.25, -0.2) is 0 Å². The van der Waals surface area contributed by atoms with Gasteiger partial charge in [0.15, 0.2) is 11.5 Å². The predicted molar refractivity (Wildman–Crippen MR) is 190 cm³/mol. The number of quaternary nitrogens is 1. The molecule has 0 amide bonds. The van der Waals surface area contributed by atoms with Crippen LogP contribution in [-0.2, 0) is 16.6 Å². The van der Waals surface area contributed by atoms with E-state index < -0.39 is 12.3 Å². The molecule has 4 aliphatic rings. The van der Waals surface area contributed by atoms with E-state index in [0.717, 1.165) is 59.9 Å². The number of phenols is 1. The second-order valence-corrected chi connectivity index (χ2v) is 14.7. The lowest BCUT2D eigenvalue weighted by atomic mass is 9.70. The number of fused-ring (bicyclic) bond motifs is 1. The lowest BCUT2D eigenvalue weighted by molar-refractivity contribution is -0.851. The van der Waals surface area contributed by atoms with Crippen molar-refractivity contribution in [2.45, 2.75) is 120 Å². The summed E-state index contributed by atoms with van der Waals surface area (Å²) >= 11 is 0. The Hall–Kier alpha value is -3.30. The van der Waals surface area contributed by atoms with Crippen LogP contribution in [0.25, 0.3) is 0 Å². The van der Waals surface area contributed by atoms with Crippen molar-refractivity contribution in [2.24, 2.45) is 22.4 Å². The van der Waals surface area contributed by atoms with Gasteiger partial charge in [0, 0.05) is 24.5 Å². The van der Waals surface area contributed by atoms with Gasteiger partial charge in [0.25, 0.3) is 0 Å². The molecule has 0 bridgehead atoms. The molecule has 2 aromatic rings. The molecule has 2 heterocycles. The summed E-state index contributed by atoms with van der Waals surface area (Å²) in [6, 6.07) is 13.7. The summed E-state index contributed by atoms with van der Waals surface area (Å²) in [7, 11) is 0. The number of carbonyl (C=O) groups excluding carboxylic acids is 1. The zero-order valence-corrected chi connectivity index (χ0v) is 28.5. The van der Waals surface area contributed by atoms with Gasteiger partial charge in [-0.3, -0.25) is 14.7 Å². The largest absolute Gasteiger partial charge is 0.504 e. The number of nitrogens with zero attached hydrogens (tertiary/aromatic N) is 1. The Morgan fingerprint density at radius 2 is 1.85 bits per heavy atom. The van der Waals surface area contributed by atoms with E-state index in [1.165, 1.54) is 68.1 Å². The molecule has 2 fully saturated rings. The minimum atomic E-state index is -0.558. The minimum absolute atomic E-state index is 0.0762. The number of aliphatic imine (C=N–C) groups is 1. The highest BCUT2D eigenvalue weighted by Gasteiger charge is 2.45. The van der Waals surface area contributed by atoms with Crippen molar-refractivity contribution in [1.82, 2.24) is 0 Å². The van der Waals surface area contributed by atoms with Crippen LogP contribution in [0.15, 0.2) is 71.0 Å². The second-order valence-electron chi connectivity index (χ2n) is 14.7. The Bertz CT molecular complexity index is 1520. The molecular weight excluding hydrogens is 600 g/mol. The molecular formula is C40H55N4O4+. The monoisotopic (exact) mass is 655 g/mol. The number of aliphatic hydroxyl groups excluding tert-OH is 1. The molecule has 2 aliphatic carbocycles. The van der Waals surface area contributed by atoms with Crippen LogP contribution >= 0.6 is 0 Å². The van der Waals surface area contributed by atoms with Gasteiger partial charge in [-0.1, -0.05) is 94.5 Å². The van der Waals surface area contributed by atoms with Crippen molar-refractivity contribution >= 4 is 11.5 Å². The summed E-state index contributed by atoms with van der Waals surface area (Å²) in [4.78, 5) is 18.6. The zero-order valence-electron chi connectivity index (χ0n) is 28.5. The Labute approximate surface area is 286 Å². The first-order valence-corrected chi connectivity index (χ1v) is 18.4. The lowest BCUT2D eigenvalue weighted by Gasteiger charge is -2.32. The summed E-state index contributed by atoms with van der Waals surface area (Å²) in [5.74, 6) is 1.44. The van der Waals surface area contributed by atoms with Crippen molar-refractivity contribution in [3.05, 3.63) is 82.7 Å². The number of ether oxygens (including phenoxy) is 1. The number of Topliss-reactive ketones (excluding diaryl/α,β-unsaturated/α-hetero) is 1. The molecule has 6 rings (SSSR count). The van der Waals surface area contributed by atoms with Gasteiger partial charge in [-0.15, -0.1) is 0 Å². The highest BCUT2D eigenvalue weighted by atomic mass is 16.5. The molecule has 0 spiro atoms. The van der Waals surface area contributed by atoms with E-state index in [-0.39, 0.29) is 23.4 Å². The fourth-order valence-corrected chi connectivity index (χ4v) is 8.46. The van der Waals surface area contributed by atoms with Crippen molar-refractivity contribution in [2.75, 3.05) is 13.3 Å². The SMILES string of the molecule is NC(N)c1cccc(C2(C3=CN=C4C[NH+](COc5cc(CCC(=O)C[C@H](O)CCCCC6CCCCC6)ccc5O)C=C34)CCCC2)c1. The number of aliphatic hydroxyl groups is 1. The topological polar surface area (TPSA) is 136 Å². The van der Waals surface area contributed by atoms with Crippen LogP contribution in [0.4, 0.5) is 0 Å².